The van der Waals surface area contributed by atoms with Crippen LogP contribution >= 0.6 is 0 Å². The number of nitrogens with one attached hydrogen (secondary N) is 2. The molecule has 2 N–H and O–H groups in total. The highest BCUT2D eigenvalue weighted by Crippen LogP contribution is 2.16. The molecule has 3 aromatic rings. The molecule has 0 saturated carbocycles. The van der Waals surface area contributed by atoms with Crippen LogP contribution in [0.3, 0.4) is 0 Å². The zero-order valence-electron chi connectivity index (χ0n) is 16.8. The lowest BCUT2D eigenvalue weighted by molar-refractivity contribution is -0.128. The van der Waals surface area contributed by atoms with E-state index >= 15 is 0 Å². The zero-order valence-corrected chi connectivity index (χ0v) is 16.8. The van der Waals surface area contributed by atoms with Crippen LogP contribution in [0.5, 0.6) is 0 Å². The summed E-state index contributed by atoms with van der Waals surface area (Å²) >= 11 is 0. The van der Waals surface area contributed by atoms with E-state index in [4.69, 9.17) is 0 Å². The highest BCUT2D eigenvalue weighted by Gasteiger charge is 2.19. The van der Waals surface area contributed by atoms with Gasteiger partial charge < -0.3 is 15.5 Å². The molecule has 7 heteroatoms. The molecule has 7 nitrogen and oxygen atoms in total. The van der Waals surface area contributed by atoms with E-state index in [-0.39, 0.29) is 11.9 Å². The van der Waals surface area contributed by atoms with E-state index in [2.05, 4.69) is 15.7 Å². The summed E-state index contributed by atoms with van der Waals surface area (Å²) in [6.07, 6.45) is 5.98. The number of benzene rings is 2. The first-order valence-electron chi connectivity index (χ1n) is 10.2. The van der Waals surface area contributed by atoms with E-state index in [1.165, 1.54) is 0 Å². The van der Waals surface area contributed by atoms with E-state index in [0.717, 1.165) is 41.9 Å². The Morgan fingerprint density at radius 1 is 1.03 bits per heavy atom. The molecule has 1 aliphatic heterocycles. The topological polar surface area (TPSA) is 79.3 Å². The van der Waals surface area contributed by atoms with Gasteiger partial charge in [-0.15, -0.1) is 0 Å². The highest BCUT2D eigenvalue weighted by molar-refractivity contribution is 5.89. The molecule has 0 aliphatic carbocycles. The van der Waals surface area contributed by atoms with E-state index < -0.39 is 0 Å². The summed E-state index contributed by atoms with van der Waals surface area (Å²) in [5, 5.41) is 9.93. The fourth-order valence-corrected chi connectivity index (χ4v) is 3.52. The molecule has 1 saturated heterocycles. The molecule has 4 rings (SSSR count). The van der Waals surface area contributed by atoms with Crippen LogP contribution < -0.4 is 10.6 Å². The lowest BCUT2D eigenvalue weighted by Gasteiger charge is -2.15. The van der Waals surface area contributed by atoms with E-state index in [1.54, 1.807) is 6.20 Å². The van der Waals surface area contributed by atoms with Gasteiger partial charge in [0.05, 0.1) is 5.69 Å². The summed E-state index contributed by atoms with van der Waals surface area (Å²) in [6, 6.07) is 17.4. The molecular formula is C23H25N5O2. The maximum atomic E-state index is 12.1. The Morgan fingerprint density at radius 2 is 1.80 bits per heavy atom. The van der Waals surface area contributed by atoms with Crippen LogP contribution in [0.25, 0.3) is 5.69 Å². The number of amides is 3. The van der Waals surface area contributed by atoms with E-state index in [9.17, 15) is 9.59 Å². The molecule has 154 valence electrons. The average molecular weight is 403 g/mol. The van der Waals surface area contributed by atoms with E-state index in [0.29, 0.717) is 19.5 Å². The number of rotatable bonds is 7. The summed E-state index contributed by atoms with van der Waals surface area (Å²) in [6.45, 7) is 2.00. The van der Waals surface area contributed by atoms with Gasteiger partial charge in [-0.3, -0.25) is 4.79 Å². The summed E-state index contributed by atoms with van der Waals surface area (Å²) in [4.78, 5) is 25.7. The first-order chi connectivity index (χ1) is 14.7. The second kappa shape index (κ2) is 9.26. The number of hydrogen-bond acceptors (Lipinski definition) is 3. The highest BCUT2D eigenvalue weighted by atomic mass is 16.2. The smallest absolute Gasteiger partial charge is 0.319 e. The number of hydrogen-bond donors (Lipinski definition) is 2. The Kier molecular flexibility index (Phi) is 6.08. The number of anilines is 1. The van der Waals surface area contributed by atoms with Crippen LogP contribution in [0, 0.1) is 0 Å². The van der Waals surface area contributed by atoms with Crippen LogP contribution in [0.1, 0.15) is 24.0 Å². The van der Waals surface area contributed by atoms with Gasteiger partial charge >= 0.3 is 6.03 Å². The van der Waals surface area contributed by atoms with Crippen LogP contribution in [0.15, 0.2) is 67.0 Å². The van der Waals surface area contributed by atoms with E-state index in [1.807, 2.05) is 70.4 Å². The Morgan fingerprint density at radius 3 is 2.47 bits per heavy atom. The number of carbonyl (C=O) groups excluding carboxylic acids is 2. The van der Waals surface area contributed by atoms with Crippen molar-refractivity contribution in [3.8, 4) is 5.69 Å². The third-order valence-corrected chi connectivity index (χ3v) is 5.16. The summed E-state index contributed by atoms with van der Waals surface area (Å²) in [5.41, 5.74) is 3.95. The Labute approximate surface area is 175 Å². The van der Waals surface area contributed by atoms with Gasteiger partial charge in [0.2, 0.25) is 5.91 Å². The number of urea groups is 1. The van der Waals surface area contributed by atoms with Gasteiger partial charge in [-0.25, -0.2) is 9.48 Å². The largest absolute Gasteiger partial charge is 0.338 e. The Balaban J connectivity index is 1.20. The van der Waals surface area contributed by atoms with Crippen molar-refractivity contribution >= 4 is 17.6 Å². The fraction of sp³-hybridized carbons (Fsp3) is 0.261. The average Bonchev–Trinajstić information content (AvgIpc) is 3.43. The third kappa shape index (κ3) is 5.05. The van der Waals surface area contributed by atoms with Crippen molar-refractivity contribution < 1.29 is 9.59 Å². The predicted octanol–water partition coefficient (Wildman–Crippen LogP) is 3.36. The van der Waals surface area contributed by atoms with Crippen molar-refractivity contribution in [2.45, 2.75) is 25.8 Å². The first kappa shape index (κ1) is 19.7. The molecule has 1 fully saturated rings. The van der Waals surface area contributed by atoms with Crippen molar-refractivity contribution in [3.63, 3.8) is 0 Å². The second-order valence-corrected chi connectivity index (χ2v) is 7.36. The third-order valence-electron chi connectivity index (χ3n) is 5.16. The van der Waals surface area contributed by atoms with Gasteiger partial charge in [0, 0.05) is 44.1 Å². The SMILES string of the molecule is O=C(NCCc1ccc(-n2cccn2)cc1)Nc1ccc(CN2CCCC2=O)cc1. The lowest BCUT2D eigenvalue weighted by Crippen LogP contribution is -2.30. The van der Waals surface area contributed by atoms with Gasteiger partial charge in [0.25, 0.3) is 0 Å². The summed E-state index contributed by atoms with van der Waals surface area (Å²) < 4.78 is 1.81. The molecule has 0 unspecified atom stereocenters. The van der Waals surface area contributed by atoms with Crippen molar-refractivity contribution in [3.05, 3.63) is 78.1 Å². The van der Waals surface area contributed by atoms with Gasteiger partial charge in [-0.05, 0) is 54.3 Å². The molecule has 2 heterocycles. The summed E-state index contributed by atoms with van der Waals surface area (Å²) in [5.74, 6) is 0.215. The molecule has 1 aromatic heterocycles. The molecule has 3 amide bonds. The van der Waals surface area contributed by atoms with Crippen LogP contribution in [0.4, 0.5) is 10.5 Å². The minimum Gasteiger partial charge on any atom is -0.338 e. The Hall–Kier alpha value is -3.61. The monoisotopic (exact) mass is 403 g/mol. The molecule has 0 bridgehead atoms. The lowest BCUT2D eigenvalue weighted by atomic mass is 10.1. The quantitative estimate of drug-likeness (QED) is 0.635. The Bertz CT molecular complexity index is 981. The molecule has 0 spiro atoms. The van der Waals surface area contributed by atoms with Gasteiger partial charge in [-0.1, -0.05) is 24.3 Å². The molecule has 0 radical (unpaired) electrons. The second-order valence-electron chi connectivity index (χ2n) is 7.36. The number of likely N-dealkylation sites (tertiary alicyclic amines) is 1. The predicted molar refractivity (Wildman–Crippen MR) is 115 cm³/mol. The van der Waals surface area contributed by atoms with Crippen LogP contribution in [-0.4, -0.2) is 39.7 Å². The maximum absolute atomic E-state index is 12.1. The maximum Gasteiger partial charge on any atom is 0.319 e. The van der Waals surface area contributed by atoms with Crippen molar-refractivity contribution in [2.24, 2.45) is 0 Å². The standard InChI is InChI=1S/C23H25N5O2/c29-22-3-1-15-27(22)17-19-4-8-20(9-5-19)26-23(30)24-14-12-18-6-10-21(11-7-18)28-16-2-13-25-28/h2,4-11,13,16H,1,3,12,14-15,17H2,(H2,24,26,30). The molecular weight excluding hydrogens is 378 g/mol. The molecule has 1 aliphatic rings. The normalized spacial score (nSPS) is 13.5. The van der Waals surface area contributed by atoms with Crippen LogP contribution in [0.2, 0.25) is 0 Å². The minimum atomic E-state index is -0.231. The van der Waals surface area contributed by atoms with Crippen molar-refractivity contribution in [2.75, 3.05) is 18.4 Å². The van der Waals surface area contributed by atoms with Crippen LogP contribution in [-0.2, 0) is 17.8 Å². The van der Waals surface area contributed by atoms with Crippen molar-refractivity contribution in [1.82, 2.24) is 20.0 Å². The zero-order chi connectivity index (χ0) is 20.8. The van der Waals surface area contributed by atoms with Crippen molar-refractivity contribution in [1.29, 1.82) is 0 Å². The molecule has 0 atom stereocenters. The summed E-state index contributed by atoms with van der Waals surface area (Å²) in [7, 11) is 0. The first-order valence-corrected chi connectivity index (χ1v) is 10.2. The van der Waals surface area contributed by atoms with Gasteiger partial charge in [-0.2, -0.15) is 5.10 Å². The number of aromatic nitrogens is 2. The minimum absolute atomic E-state index is 0.215. The number of nitrogens with zero attached hydrogens (tertiary/aromatic N) is 3. The van der Waals surface area contributed by atoms with Gasteiger partial charge in [0.1, 0.15) is 0 Å². The fourth-order valence-electron chi connectivity index (χ4n) is 3.52. The number of carbonyl (C=O) groups is 2. The molecule has 2 aromatic carbocycles. The van der Waals surface area contributed by atoms with Gasteiger partial charge in [0.15, 0.2) is 0 Å². The molecule has 30 heavy (non-hydrogen) atoms.